The van der Waals surface area contributed by atoms with Crippen LogP contribution in [-0.4, -0.2) is 22.7 Å². The molecule has 3 rings (SSSR count). The predicted octanol–water partition coefficient (Wildman–Crippen LogP) is 3.00. The molecule has 0 bridgehead atoms. The van der Waals surface area contributed by atoms with Gasteiger partial charge in [-0.15, -0.1) is 0 Å². The van der Waals surface area contributed by atoms with E-state index in [0.29, 0.717) is 22.7 Å². The summed E-state index contributed by atoms with van der Waals surface area (Å²) in [4.78, 5) is 12.6. The fraction of sp³-hybridized carbons (Fsp3) is 0.111. The topological polar surface area (TPSA) is 70.1 Å². The summed E-state index contributed by atoms with van der Waals surface area (Å²) in [5, 5.41) is 4.25. The minimum absolute atomic E-state index is 0.163. The zero-order chi connectivity index (χ0) is 16.4. The van der Waals surface area contributed by atoms with E-state index in [1.54, 1.807) is 36.1 Å². The molecular weight excluding hydrogens is 290 g/mol. The molecule has 0 amide bonds. The highest BCUT2D eigenvalue weighted by Crippen LogP contribution is 2.22. The predicted molar refractivity (Wildman–Crippen MR) is 89.1 cm³/mol. The Balaban J connectivity index is 1.96. The van der Waals surface area contributed by atoms with Crippen LogP contribution in [-0.2, 0) is 0 Å². The number of ketones is 1. The van der Waals surface area contributed by atoms with E-state index in [4.69, 9.17) is 10.5 Å². The average Bonchev–Trinajstić information content (AvgIpc) is 2.96. The fourth-order valence-electron chi connectivity index (χ4n) is 2.40. The van der Waals surface area contributed by atoms with Crippen LogP contribution in [0.15, 0.2) is 54.7 Å². The van der Waals surface area contributed by atoms with Crippen LogP contribution < -0.4 is 10.5 Å². The molecule has 1 heterocycles. The number of ether oxygens (including phenoxy) is 1. The molecule has 5 nitrogen and oxygen atoms in total. The Morgan fingerprint density at radius 1 is 1.17 bits per heavy atom. The Morgan fingerprint density at radius 3 is 2.57 bits per heavy atom. The Hall–Kier alpha value is -3.08. The van der Waals surface area contributed by atoms with E-state index in [-0.39, 0.29) is 5.78 Å². The molecule has 0 radical (unpaired) electrons. The largest absolute Gasteiger partial charge is 0.497 e. The number of carbonyl (C=O) groups excluding carboxylic acids is 1. The number of carbonyl (C=O) groups is 1. The Kier molecular flexibility index (Phi) is 3.85. The molecule has 0 aliphatic rings. The minimum atomic E-state index is -0.163. The van der Waals surface area contributed by atoms with E-state index < -0.39 is 0 Å². The lowest BCUT2D eigenvalue weighted by Gasteiger charge is -2.06. The number of methoxy groups -OCH3 is 1. The van der Waals surface area contributed by atoms with E-state index in [0.717, 1.165) is 11.3 Å². The van der Waals surface area contributed by atoms with Crippen molar-refractivity contribution >= 4 is 11.6 Å². The lowest BCUT2D eigenvalue weighted by atomic mass is 10.1. The first-order chi connectivity index (χ1) is 11.1. The van der Waals surface area contributed by atoms with Gasteiger partial charge in [-0.25, -0.2) is 4.68 Å². The highest BCUT2D eigenvalue weighted by atomic mass is 16.5. The summed E-state index contributed by atoms with van der Waals surface area (Å²) in [6.07, 6.45) is 1.50. The number of anilines is 1. The summed E-state index contributed by atoms with van der Waals surface area (Å²) in [7, 11) is 1.58. The van der Waals surface area contributed by atoms with Crippen LogP contribution >= 0.6 is 0 Å². The van der Waals surface area contributed by atoms with Crippen molar-refractivity contribution in [3.63, 3.8) is 0 Å². The molecule has 23 heavy (non-hydrogen) atoms. The third-order valence-corrected chi connectivity index (χ3v) is 3.65. The van der Waals surface area contributed by atoms with Crippen molar-refractivity contribution in [1.82, 2.24) is 9.78 Å². The maximum Gasteiger partial charge on any atom is 0.198 e. The molecule has 5 heteroatoms. The molecule has 2 N–H and O–H groups in total. The van der Waals surface area contributed by atoms with Crippen LogP contribution in [0.5, 0.6) is 5.75 Å². The van der Waals surface area contributed by atoms with Crippen molar-refractivity contribution in [2.24, 2.45) is 0 Å². The van der Waals surface area contributed by atoms with Crippen molar-refractivity contribution in [1.29, 1.82) is 0 Å². The maximum atomic E-state index is 12.6. The number of benzene rings is 2. The van der Waals surface area contributed by atoms with E-state index in [1.165, 1.54) is 6.20 Å². The molecule has 0 unspecified atom stereocenters. The lowest BCUT2D eigenvalue weighted by molar-refractivity contribution is 0.103. The van der Waals surface area contributed by atoms with Gasteiger partial charge >= 0.3 is 0 Å². The van der Waals surface area contributed by atoms with Crippen molar-refractivity contribution in [3.8, 4) is 11.4 Å². The average molecular weight is 307 g/mol. The van der Waals surface area contributed by atoms with Crippen LogP contribution in [0.25, 0.3) is 5.69 Å². The van der Waals surface area contributed by atoms with Gasteiger partial charge in [0.1, 0.15) is 11.6 Å². The fourth-order valence-corrected chi connectivity index (χ4v) is 2.40. The quantitative estimate of drug-likeness (QED) is 0.752. The zero-order valence-corrected chi connectivity index (χ0v) is 13.0. The molecule has 0 spiro atoms. The molecule has 0 aliphatic carbocycles. The van der Waals surface area contributed by atoms with E-state index in [1.807, 2.05) is 31.2 Å². The van der Waals surface area contributed by atoms with Gasteiger partial charge in [-0.05, 0) is 48.9 Å². The molecule has 0 saturated heterocycles. The van der Waals surface area contributed by atoms with Crippen molar-refractivity contribution in [3.05, 3.63) is 71.4 Å². The van der Waals surface area contributed by atoms with Crippen LogP contribution in [0.2, 0.25) is 0 Å². The summed E-state index contributed by atoms with van der Waals surface area (Å²) >= 11 is 0. The second-order valence-corrected chi connectivity index (χ2v) is 5.25. The number of hydrogen-bond acceptors (Lipinski definition) is 4. The Morgan fingerprint density at radius 2 is 1.91 bits per heavy atom. The van der Waals surface area contributed by atoms with Crippen molar-refractivity contribution in [2.75, 3.05) is 12.8 Å². The van der Waals surface area contributed by atoms with Crippen LogP contribution in [0, 0.1) is 6.92 Å². The van der Waals surface area contributed by atoms with E-state index in [2.05, 4.69) is 5.10 Å². The van der Waals surface area contributed by atoms with Gasteiger partial charge in [0, 0.05) is 5.56 Å². The summed E-state index contributed by atoms with van der Waals surface area (Å²) in [5.41, 5.74) is 8.99. The van der Waals surface area contributed by atoms with Gasteiger partial charge in [0.2, 0.25) is 0 Å². The molecule has 3 aromatic rings. The minimum Gasteiger partial charge on any atom is -0.497 e. The summed E-state index contributed by atoms with van der Waals surface area (Å²) < 4.78 is 6.67. The van der Waals surface area contributed by atoms with E-state index in [9.17, 15) is 4.79 Å². The van der Waals surface area contributed by atoms with Gasteiger partial charge in [0.25, 0.3) is 0 Å². The zero-order valence-electron chi connectivity index (χ0n) is 13.0. The monoisotopic (exact) mass is 307 g/mol. The normalized spacial score (nSPS) is 10.5. The summed E-state index contributed by atoms with van der Waals surface area (Å²) in [6, 6.07) is 14.7. The molecule has 2 aromatic carbocycles. The molecule has 1 aromatic heterocycles. The second kappa shape index (κ2) is 5.96. The van der Waals surface area contributed by atoms with Crippen molar-refractivity contribution < 1.29 is 9.53 Å². The third kappa shape index (κ3) is 2.81. The first-order valence-corrected chi connectivity index (χ1v) is 7.19. The SMILES string of the molecule is COc1ccc(C(=O)c2cnn(-c3cccc(C)c3)c2N)cc1. The van der Waals surface area contributed by atoms with Gasteiger partial charge in [-0.3, -0.25) is 4.79 Å². The summed E-state index contributed by atoms with van der Waals surface area (Å²) in [5.74, 6) is 0.866. The molecule has 0 atom stereocenters. The maximum absolute atomic E-state index is 12.6. The first kappa shape index (κ1) is 14.8. The van der Waals surface area contributed by atoms with Gasteiger partial charge in [-0.2, -0.15) is 5.10 Å². The second-order valence-electron chi connectivity index (χ2n) is 5.25. The molecular formula is C18H17N3O2. The number of nitrogens with zero attached hydrogens (tertiary/aromatic N) is 2. The van der Waals surface area contributed by atoms with E-state index >= 15 is 0 Å². The number of nitrogen functional groups attached to an aromatic ring is 1. The number of aryl methyl sites for hydroxylation is 1. The highest BCUT2D eigenvalue weighted by Gasteiger charge is 2.17. The van der Waals surface area contributed by atoms with Gasteiger partial charge in [0.15, 0.2) is 5.78 Å². The van der Waals surface area contributed by atoms with Crippen LogP contribution in [0.1, 0.15) is 21.5 Å². The van der Waals surface area contributed by atoms with Gasteiger partial charge in [-0.1, -0.05) is 12.1 Å². The lowest BCUT2D eigenvalue weighted by Crippen LogP contribution is -2.07. The Bertz CT molecular complexity index is 851. The molecule has 0 fully saturated rings. The van der Waals surface area contributed by atoms with Crippen LogP contribution in [0.3, 0.4) is 0 Å². The summed E-state index contributed by atoms with van der Waals surface area (Å²) in [6.45, 7) is 1.99. The van der Waals surface area contributed by atoms with Gasteiger partial charge in [0.05, 0.1) is 24.6 Å². The number of nitrogens with two attached hydrogens (primary N) is 1. The number of hydrogen-bond donors (Lipinski definition) is 1. The Labute approximate surface area is 134 Å². The van der Waals surface area contributed by atoms with Crippen LogP contribution in [0.4, 0.5) is 5.82 Å². The number of aromatic nitrogens is 2. The smallest absolute Gasteiger partial charge is 0.198 e. The molecule has 0 saturated carbocycles. The molecule has 0 aliphatic heterocycles. The third-order valence-electron chi connectivity index (χ3n) is 3.65. The molecule has 116 valence electrons. The number of rotatable bonds is 4. The first-order valence-electron chi connectivity index (χ1n) is 7.19. The highest BCUT2D eigenvalue weighted by molar-refractivity contribution is 6.11. The van der Waals surface area contributed by atoms with Gasteiger partial charge < -0.3 is 10.5 Å². The van der Waals surface area contributed by atoms with Crippen molar-refractivity contribution in [2.45, 2.75) is 6.92 Å². The standard InChI is InChI=1S/C18H17N3O2/c1-12-4-3-5-14(10-12)21-18(19)16(11-20-21)17(22)13-6-8-15(23-2)9-7-13/h3-11H,19H2,1-2H3.